The molecule has 1 saturated carbocycles. The smallest absolute Gasteiger partial charge is 0.137 e. The van der Waals surface area contributed by atoms with Crippen molar-refractivity contribution >= 4 is 5.71 Å². The van der Waals surface area contributed by atoms with E-state index in [1.165, 1.54) is 0 Å². The van der Waals surface area contributed by atoms with Gasteiger partial charge in [0.2, 0.25) is 0 Å². The summed E-state index contributed by atoms with van der Waals surface area (Å²) in [5.74, 6) is 1.14. The average Bonchev–Trinajstić information content (AvgIpc) is 3.10. The Labute approximate surface area is 136 Å². The molecule has 5 heteroatoms. The molecule has 23 heavy (non-hydrogen) atoms. The van der Waals surface area contributed by atoms with E-state index in [9.17, 15) is 5.11 Å². The monoisotopic (exact) mass is 312 g/mol. The summed E-state index contributed by atoms with van der Waals surface area (Å²) in [6.07, 6.45) is 12.1. The van der Waals surface area contributed by atoms with Gasteiger partial charge in [0, 0.05) is 29.9 Å². The van der Waals surface area contributed by atoms with Gasteiger partial charge >= 0.3 is 0 Å². The molecule has 2 aromatic heterocycles. The zero-order chi connectivity index (χ0) is 16.3. The summed E-state index contributed by atoms with van der Waals surface area (Å²) >= 11 is 0. The molecule has 1 fully saturated rings. The van der Waals surface area contributed by atoms with Crippen LogP contribution in [0.25, 0.3) is 5.82 Å². The highest BCUT2D eigenvalue weighted by Gasteiger charge is 2.36. The summed E-state index contributed by atoms with van der Waals surface area (Å²) in [6, 6.07) is 3.88. The number of aliphatic hydroxyl groups is 1. The molecular weight excluding hydrogens is 288 g/mol. The van der Waals surface area contributed by atoms with Crippen LogP contribution in [-0.4, -0.2) is 25.4 Å². The van der Waals surface area contributed by atoms with Crippen LogP contribution in [0.5, 0.6) is 0 Å². The molecule has 0 radical (unpaired) electrons. The lowest BCUT2D eigenvalue weighted by Gasteiger charge is -2.36. The first-order valence-corrected chi connectivity index (χ1v) is 8.37. The molecule has 3 rings (SSSR count). The summed E-state index contributed by atoms with van der Waals surface area (Å²) < 4.78 is 1.84. The first-order valence-electron chi connectivity index (χ1n) is 8.37. The Morgan fingerprint density at radius 3 is 2.74 bits per heavy atom. The lowest BCUT2D eigenvalue weighted by atomic mass is 9.73. The first-order chi connectivity index (χ1) is 11.1. The fourth-order valence-electron chi connectivity index (χ4n) is 3.41. The van der Waals surface area contributed by atoms with E-state index < -0.39 is 5.60 Å². The predicted octanol–water partition coefficient (Wildman–Crippen LogP) is 3.46. The molecule has 122 valence electrons. The third-order valence-corrected chi connectivity index (χ3v) is 4.88. The van der Waals surface area contributed by atoms with Crippen molar-refractivity contribution in [3.05, 3.63) is 42.6 Å². The van der Waals surface area contributed by atoms with Crippen LogP contribution in [0, 0.1) is 11.3 Å². The summed E-state index contributed by atoms with van der Waals surface area (Å²) in [6.45, 7) is 2.11. The molecule has 2 aromatic rings. The van der Waals surface area contributed by atoms with E-state index in [4.69, 9.17) is 5.41 Å². The topological polar surface area (TPSA) is 74.8 Å². The van der Waals surface area contributed by atoms with Gasteiger partial charge in [-0.15, -0.1) is 0 Å². The van der Waals surface area contributed by atoms with Crippen molar-refractivity contribution in [3.63, 3.8) is 0 Å². The highest BCUT2D eigenvalue weighted by atomic mass is 16.3. The second-order valence-corrected chi connectivity index (χ2v) is 6.46. The molecule has 0 amide bonds. The Kier molecular flexibility index (Phi) is 4.57. The minimum atomic E-state index is -0.802. The Morgan fingerprint density at radius 1 is 1.39 bits per heavy atom. The molecule has 0 atom stereocenters. The van der Waals surface area contributed by atoms with Gasteiger partial charge in [0.1, 0.15) is 12.1 Å². The molecule has 2 N–H and O–H groups in total. The van der Waals surface area contributed by atoms with Gasteiger partial charge in [0.15, 0.2) is 0 Å². The van der Waals surface area contributed by atoms with Crippen LogP contribution in [0.15, 0.2) is 37.1 Å². The van der Waals surface area contributed by atoms with Crippen LogP contribution in [-0.2, 0) is 5.60 Å². The van der Waals surface area contributed by atoms with Gasteiger partial charge in [-0.2, -0.15) is 0 Å². The minimum absolute atomic E-state index is 0.341. The molecular formula is C18H24N4O. The standard InChI is InChI=1S/C18H24N4O/c1-2-3-16(19)14-6-8-18(23,9-7-14)15-4-5-17(21-12-15)22-11-10-20-13-22/h4-5,10-14,19,23H,2-3,6-9H2,1H3. The molecule has 0 saturated heterocycles. The van der Waals surface area contributed by atoms with E-state index in [1.807, 2.05) is 22.9 Å². The van der Waals surface area contributed by atoms with E-state index in [2.05, 4.69) is 16.9 Å². The number of rotatable bonds is 5. The number of nitrogens with one attached hydrogen (secondary N) is 1. The van der Waals surface area contributed by atoms with Crippen molar-refractivity contribution in [1.29, 1.82) is 5.41 Å². The number of hydrogen-bond donors (Lipinski definition) is 2. The number of hydrogen-bond acceptors (Lipinski definition) is 4. The molecule has 2 heterocycles. The quantitative estimate of drug-likeness (QED) is 0.830. The number of aromatic nitrogens is 3. The Bertz CT molecular complexity index is 640. The van der Waals surface area contributed by atoms with Crippen LogP contribution in [0.2, 0.25) is 0 Å². The van der Waals surface area contributed by atoms with Gasteiger partial charge in [-0.3, -0.25) is 4.57 Å². The highest BCUT2D eigenvalue weighted by Crippen LogP contribution is 2.40. The largest absolute Gasteiger partial charge is 0.385 e. The fourth-order valence-corrected chi connectivity index (χ4v) is 3.41. The second-order valence-electron chi connectivity index (χ2n) is 6.46. The molecule has 0 spiro atoms. The van der Waals surface area contributed by atoms with Gasteiger partial charge in [-0.1, -0.05) is 19.4 Å². The summed E-state index contributed by atoms with van der Waals surface area (Å²) in [5, 5.41) is 19.1. The lowest BCUT2D eigenvalue weighted by Crippen LogP contribution is -2.33. The lowest BCUT2D eigenvalue weighted by molar-refractivity contribution is -0.00745. The average molecular weight is 312 g/mol. The minimum Gasteiger partial charge on any atom is -0.385 e. The maximum Gasteiger partial charge on any atom is 0.137 e. The zero-order valence-corrected chi connectivity index (χ0v) is 13.6. The van der Waals surface area contributed by atoms with Gasteiger partial charge in [0.25, 0.3) is 0 Å². The molecule has 0 aliphatic heterocycles. The van der Waals surface area contributed by atoms with Crippen molar-refractivity contribution < 1.29 is 5.11 Å². The summed E-state index contributed by atoms with van der Waals surface area (Å²) in [4.78, 5) is 8.46. The van der Waals surface area contributed by atoms with Crippen molar-refractivity contribution in [2.24, 2.45) is 5.92 Å². The van der Waals surface area contributed by atoms with Gasteiger partial charge in [-0.25, -0.2) is 9.97 Å². The first kappa shape index (κ1) is 15.9. The summed E-state index contributed by atoms with van der Waals surface area (Å²) in [5.41, 5.74) is 0.925. The molecule has 0 unspecified atom stereocenters. The Morgan fingerprint density at radius 2 is 2.17 bits per heavy atom. The third kappa shape index (κ3) is 3.34. The van der Waals surface area contributed by atoms with Crippen LogP contribution < -0.4 is 0 Å². The van der Waals surface area contributed by atoms with E-state index in [0.717, 1.165) is 42.8 Å². The van der Waals surface area contributed by atoms with Crippen molar-refractivity contribution in [3.8, 4) is 5.82 Å². The van der Waals surface area contributed by atoms with Crippen LogP contribution >= 0.6 is 0 Å². The van der Waals surface area contributed by atoms with Crippen LogP contribution in [0.3, 0.4) is 0 Å². The Balaban J connectivity index is 1.68. The van der Waals surface area contributed by atoms with E-state index >= 15 is 0 Å². The van der Waals surface area contributed by atoms with E-state index in [1.54, 1.807) is 18.7 Å². The zero-order valence-electron chi connectivity index (χ0n) is 13.6. The normalized spacial score (nSPS) is 24.5. The second kappa shape index (κ2) is 6.62. The third-order valence-electron chi connectivity index (χ3n) is 4.88. The molecule has 0 bridgehead atoms. The Hall–Kier alpha value is -2.01. The van der Waals surface area contributed by atoms with Crippen molar-refractivity contribution in [2.75, 3.05) is 0 Å². The molecule has 0 aromatic carbocycles. The maximum absolute atomic E-state index is 11.0. The van der Waals surface area contributed by atoms with Gasteiger partial charge in [-0.05, 0) is 44.1 Å². The van der Waals surface area contributed by atoms with E-state index in [0.29, 0.717) is 18.8 Å². The van der Waals surface area contributed by atoms with E-state index in [-0.39, 0.29) is 0 Å². The fraction of sp³-hybridized carbons (Fsp3) is 0.500. The molecule has 5 nitrogen and oxygen atoms in total. The van der Waals surface area contributed by atoms with Crippen LogP contribution in [0.4, 0.5) is 0 Å². The van der Waals surface area contributed by atoms with Gasteiger partial charge in [0.05, 0.1) is 5.60 Å². The predicted molar refractivity (Wildman–Crippen MR) is 89.8 cm³/mol. The summed E-state index contributed by atoms with van der Waals surface area (Å²) in [7, 11) is 0. The van der Waals surface area contributed by atoms with Gasteiger partial charge < -0.3 is 10.5 Å². The maximum atomic E-state index is 11.0. The number of nitrogens with zero attached hydrogens (tertiary/aromatic N) is 3. The molecule has 1 aliphatic carbocycles. The highest BCUT2D eigenvalue weighted by molar-refractivity contribution is 5.83. The number of pyridine rings is 1. The van der Waals surface area contributed by atoms with Crippen molar-refractivity contribution in [2.45, 2.75) is 51.0 Å². The number of imidazole rings is 1. The van der Waals surface area contributed by atoms with Crippen molar-refractivity contribution in [1.82, 2.24) is 14.5 Å². The molecule has 1 aliphatic rings. The SMILES string of the molecule is CCCC(=N)C1CCC(O)(c2ccc(-n3ccnc3)nc2)CC1. The van der Waals surface area contributed by atoms with Crippen LogP contribution in [0.1, 0.15) is 51.0 Å².